The van der Waals surface area contributed by atoms with Crippen LogP contribution in [-0.2, 0) is 6.54 Å². The number of benzene rings is 2. The number of carbonyl (C=O) groups excluding carboxylic acids is 1. The maximum atomic E-state index is 12.5. The highest BCUT2D eigenvalue weighted by atomic mass is 35.5. The van der Waals surface area contributed by atoms with Crippen molar-refractivity contribution in [1.29, 1.82) is 0 Å². The van der Waals surface area contributed by atoms with Crippen LogP contribution in [0.3, 0.4) is 0 Å². The summed E-state index contributed by atoms with van der Waals surface area (Å²) in [6.45, 7) is 2.17. The smallest absolute Gasteiger partial charge is 0.321 e. The number of hydrogen-bond acceptors (Lipinski definition) is 3. The summed E-state index contributed by atoms with van der Waals surface area (Å²) in [4.78, 5) is 18.3. The molecule has 0 aliphatic rings. The Balaban J connectivity index is 1.70. The SMILES string of the molecule is Cc1nc(-c2cccc(NC(=O)N(C)Cc3cccc(Cl)c3Cl)c2)n[nH]1. The highest BCUT2D eigenvalue weighted by Gasteiger charge is 2.13. The lowest BCUT2D eigenvalue weighted by Gasteiger charge is -2.19. The number of anilines is 1. The third-order valence-corrected chi connectivity index (χ3v) is 4.61. The van der Waals surface area contributed by atoms with E-state index >= 15 is 0 Å². The molecule has 0 spiro atoms. The number of amides is 2. The van der Waals surface area contributed by atoms with E-state index in [4.69, 9.17) is 23.2 Å². The molecule has 8 heteroatoms. The standard InChI is InChI=1S/C18H17Cl2N5O/c1-11-21-17(24-23-11)12-5-3-7-14(9-12)22-18(26)25(2)10-13-6-4-8-15(19)16(13)20/h3-9H,10H2,1-2H3,(H,22,26)(H,21,23,24). The third kappa shape index (κ3) is 4.15. The molecule has 3 aromatic rings. The first-order valence-electron chi connectivity index (χ1n) is 7.88. The molecule has 0 fully saturated rings. The Morgan fingerprint density at radius 3 is 2.73 bits per heavy atom. The fourth-order valence-electron chi connectivity index (χ4n) is 2.42. The molecule has 0 saturated heterocycles. The van der Waals surface area contributed by atoms with Crippen LogP contribution in [0.2, 0.25) is 10.0 Å². The monoisotopic (exact) mass is 389 g/mol. The summed E-state index contributed by atoms with van der Waals surface area (Å²) in [5, 5.41) is 10.7. The van der Waals surface area contributed by atoms with Gasteiger partial charge in [-0.3, -0.25) is 5.10 Å². The molecule has 2 amide bonds. The van der Waals surface area contributed by atoms with Crippen molar-refractivity contribution in [1.82, 2.24) is 20.1 Å². The lowest BCUT2D eigenvalue weighted by Crippen LogP contribution is -2.30. The summed E-state index contributed by atoms with van der Waals surface area (Å²) in [6.07, 6.45) is 0. The van der Waals surface area contributed by atoms with Crippen LogP contribution < -0.4 is 5.32 Å². The average Bonchev–Trinajstić information content (AvgIpc) is 3.05. The molecular formula is C18H17Cl2N5O. The summed E-state index contributed by atoms with van der Waals surface area (Å²) in [5.74, 6) is 1.31. The summed E-state index contributed by atoms with van der Waals surface area (Å²) >= 11 is 12.2. The van der Waals surface area contributed by atoms with E-state index in [0.717, 1.165) is 17.0 Å². The molecule has 2 N–H and O–H groups in total. The Kier molecular flexibility index (Phi) is 5.44. The highest BCUT2D eigenvalue weighted by Crippen LogP contribution is 2.26. The lowest BCUT2D eigenvalue weighted by atomic mass is 10.2. The highest BCUT2D eigenvalue weighted by molar-refractivity contribution is 6.42. The van der Waals surface area contributed by atoms with Gasteiger partial charge in [0.25, 0.3) is 0 Å². The van der Waals surface area contributed by atoms with Crippen molar-refractivity contribution < 1.29 is 4.79 Å². The van der Waals surface area contributed by atoms with Gasteiger partial charge in [0.05, 0.1) is 10.0 Å². The molecular weight excluding hydrogens is 373 g/mol. The number of urea groups is 1. The van der Waals surface area contributed by atoms with E-state index in [2.05, 4.69) is 20.5 Å². The predicted molar refractivity (Wildman–Crippen MR) is 104 cm³/mol. The maximum Gasteiger partial charge on any atom is 0.321 e. The van der Waals surface area contributed by atoms with Gasteiger partial charge in [-0.15, -0.1) is 0 Å². The number of hydrogen-bond donors (Lipinski definition) is 2. The van der Waals surface area contributed by atoms with Crippen molar-refractivity contribution in [2.45, 2.75) is 13.5 Å². The van der Waals surface area contributed by atoms with Gasteiger partial charge >= 0.3 is 6.03 Å². The first kappa shape index (κ1) is 18.2. The number of aromatic nitrogens is 3. The molecule has 0 bridgehead atoms. The minimum Gasteiger partial charge on any atom is -0.323 e. The molecule has 0 radical (unpaired) electrons. The summed E-state index contributed by atoms with van der Waals surface area (Å²) in [6, 6.07) is 12.4. The van der Waals surface area contributed by atoms with Crippen molar-refractivity contribution in [2.75, 3.05) is 12.4 Å². The molecule has 0 aliphatic heterocycles. The number of halogens is 2. The zero-order valence-electron chi connectivity index (χ0n) is 14.3. The molecule has 0 saturated carbocycles. The van der Waals surface area contributed by atoms with Crippen molar-refractivity contribution in [3.05, 3.63) is 63.9 Å². The molecule has 1 aromatic heterocycles. The van der Waals surface area contributed by atoms with Crippen LogP contribution in [0.25, 0.3) is 11.4 Å². The van der Waals surface area contributed by atoms with Gasteiger partial charge in [-0.2, -0.15) is 5.10 Å². The molecule has 1 heterocycles. The van der Waals surface area contributed by atoms with Gasteiger partial charge in [0.1, 0.15) is 5.82 Å². The number of nitrogens with zero attached hydrogens (tertiary/aromatic N) is 3. The number of aromatic amines is 1. The summed E-state index contributed by atoms with van der Waals surface area (Å²) < 4.78 is 0. The topological polar surface area (TPSA) is 73.9 Å². The van der Waals surface area contributed by atoms with Crippen LogP contribution >= 0.6 is 23.2 Å². The Morgan fingerprint density at radius 1 is 1.23 bits per heavy atom. The minimum absolute atomic E-state index is 0.260. The van der Waals surface area contributed by atoms with E-state index in [1.807, 2.05) is 31.2 Å². The van der Waals surface area contributed by atoms with Gasteiger partial charge in [-0.1, -0.05) is 47.5 Å². The second kappa shape index (κ2) is 7.76. The number of nitrogens with one attached hydrogen (secondary N) is 2. The van der Waals surface area contributed by atoms with Gasteiger partial charge in [0, 0.05) is 24.8 Å². The van der Waals surface area contributed by atoms with Gasteiger partial charge in [0.15, 0.2) is 5.82 Å². The molecule has 0 atom stereocenters. The molecule has 0 unspecified atom stereocenters. The number of H-pyrrole nitrogens is 1. The van der Waals surface area contributed by atoms with Crippen LogP contribution in [0.5, 0.6) is 0 Å². The molecule has 6 nitrogen and oxygen atoms in total. The number of rotatable bonds is 4. The Hall–Kier alpha value is -2.57. The number of aryl methyl sites for hydroxylation is 1. The van der Waals surface area contributed by atoms with Gasteiger partial charge in [-0.25, -0.2) is 9.78 Å². The van der Waals surface area contributed by atoms with E-state index in [1.54, 1.807) is 25.2 Å². The molecule has 2 aromatic carbocycles. The Labute approximate surface area is 161 Å². The predicted octanol–water partition coefficient (Wildman–Crippen LogP) is 4.75. The van der Waals surface area contributed by atoms with Crippen LogP contribution in [0.15, 0.2) is 42.5 Å². The average molecular weight is 390 g/mol. The van der Waals surface area contributed by atoms with Gasteiger partial charge in [-0.05, 0) is 30.7 Å². The summed E-state index contributed by atoms with van der Waals surface area (Å²) in [7, 11) is 1.69. The van der Waals surface area contributed by atoms with E-state index in [9.17, 15) is 4.79 Å². The number of carbonyl (C=O) groups is 1. The van der Waals surface area contributed by atoms with Crippen LogP contribution in [0.1, 0.15) is 11.4 Å². The summed E-state index contributed by atoms with van der Waals surface area (Å²) in [5.41, 5.74) is 2.24. The van der Waals surface area contributed by atoms with E-state index in [-0.39, 0.29) is 6.03 Å². The maximum absolute atomic E-state index is 12.5. The molecule has 0 aliphatic carbocycles. The van der Waals surface area contributed by atoms with E-state index in [0.29, 0.717) is 28.1 Å². The Bertz CT molecular complexity index is 941. The second-order valence-electron chi connectivity index (χ2n) is 5.82. The largest absolute Gasteiger partial charge is 0.323 e. The van der Waals surface area contributed by atoms with Gasteiger partial charge < -0.3 is 10.2 Å². The molecule has 3 rings (SSSR count). The van der Waals surface area contributed by atoms with E-state index in [1.165, 1.54) is 4.90 Å². The van der Waals surface area contributed by atoms with Crippen LogP contribution in [0.4, 0.5) is 10.5 Å². The third-order valence-electron chi connectivity index (χ3n) is 3.76. The lowest BCUT2D eigenvalue weighted by molar-refractivity contribution is 0.220. The van der Waals surface area contributed by atoms with Crippen molar-refractivity contribution in [3.8, 4) is 11.4 Å². The van der Waals surface area contributed by atoms with E-state index < -0.39 is 0 Å². The van der Waals surface area contributed by atoms with Crippen LogP contribution in [-0.4, -0.2) is 33.2 Å². The van der Waals surface area contributed by atoms with Gasteiger partial charge in [0.2, 0.25) is 0 Å². The zero-order chi connectivity index (χ0) is 18.7. The van der Waals surface area contributed by atoms with Crippen molar-refractivity contribution in [3.63, 3.8) is 0 Å². The zero-order valence-corrected chi connectivity index (χ0v) is 15.8. The quantitative estimate of drug-likeness (QED) is 0.675. The molecule has 134 valence electrons. The fourth-order valence-corrected chi connectivity index (χ4v) is 2.80. The van der Waals surface area contributed by atoms with Crippen molar-refractivity contribution >= 4 is 34.9 Å². The minimum atomic E-state index is -0.260. The Morgan fingerprint density at radius 2 is 2.00 bits per heavy atom. The first-order valence-corrected chi connectivity index (χ1v) is 8.64. The first-order chi connectivity index (χ1) is 12.4. The van der Waals surface area contributed by atoms with Crippen molar-refractivity contribution in [2.24, 2.45) is 0 Å². The second-order valence-corrected chi connectivity index (χ2v) is 6.61. The molecule has 26 heavy (non-hydrogen) atoms. The van der Waals surface area contributed by atoms with Crippen LogP contribution in [0, 0.1) is 6.92 Å². The fraction of sp³-hybridized carbons (Fsp3) is 0.167. The normalized spacial score (nSPS) is 10.6.